The Hall–Kier alpha value is -3.54. The van der Waals surface area contributed by atoms with Crippen LogP contribution in [0.4, 0.5) is 18.9 Å². The van der Waals surface area contributed by atoms with Gasteiger partial charge in [-0.3, -0.25) is 4.79 Å². The van der Waals surface area contributed by atoms with Crippen molar-refractivity contribution < 1.29 is 32.2 Å². The first-order chi connectivity index (χ1) is 13.2. The third-order valence-electron chi connectivity index (χ3n) is 3.47. The molecule has 0 spiro atoms. The molecule has 0 bridgehead atoms. The van der Waals surface area contributed by atoms with Gasteiger partial charge in [0.25, 0.3) is 5.91 Å². The summed E-state index contributed by atoms with van der Waals surface area (Å²) in [5, 5.41) is 11.0. The molecule has 2 rings (SSSR count). The van der Waals surface area contributed by atoms with Gasteiger partial charge in [0.2, 0.25) is 0 Å². The monoisotopic (exact) mass is 392 g/mol. The summed E-state index contributed by atoms with van der Waals surface area (Å²) in [5.41, 5.74) is -0.274. The minimum Gasteiger partial charge on any atom is -0.479 e. The molecule has 1 N–H and O–H groups in total. The van der Waals surface area contributed by atoms with Crippen molar-refractivity contribution in [3.8, 4) is 11.8 Å². The predicted molar refractivity (Wildman–Crippen MR) is 92.3 cm³/mol. The van der Waals surface area contributed by atoms with E-state index >= 15 is 0 Å². The number of rotatable bonds is 6. The Morgan fingerprint density at radius 3 is 2.25 bits per heavy atom. The topological polar surface area (TPSA) is 88.4 Å². The molecule has 1 unspecified atom stereocenters. The Bertz CT molecular complexity index is 872. The summed E-state index contributed by atoms with van der Waals surface area (Å²) in [5.74, 6) is -1.16. The first kappa shape index (κ1) is 20.8. The molecule has 0 radical (unpaired) electrons. The quantitative estimate of drug-likeness (QED) is 0.760. The van der Waals surface area contributed by atoms with Crippen molar-refractivity contribution in [3.63, 3.8) is 0 Å². The summed E-state index contributed by atoms with van der Waals surface area (Å²) in [4.78, 5) is 23.6. The van der Waals surface area contributed by atoms with Gasteiger partial charge in [-0.15, -0.1) is 0 Å². The first-order valence-electron chi connectivity index (χ1n) is 7.99. The molecule has 2 aromatic rings. The Kier molecular flexibility index (Phi) is 6.60. The van der Waals surface area contributed by atoms with E-state index in [2.05, 4.69) is 5.32 Å². The van der Waals surface area contributed by atoms with Crippen molar-refractivity contribution in [1.82, 2.24) is 0 Å². The zero-order valence-corrected chi connectivity index (χ0v) is 14.6. The van der Waals surface area contributed by atoms with Crippen LogP contribution >= 0.6 is 0 Å². The van der Waals surface area contributed by atoms with Crippen LogP contribution in [0.25, 0.3) is 0 Å². The second-order valence-corrected chi connectivity index (χ2v) is 5.63. The minimum atomic E-state index is -4.47. The van der Waals surface area contributed by atoms with Gasteiger partial charge in [-0.25, -0.2) is 4.79 Å². The van der Waals surface area contributed by atoms with Crippen LogP contribution in [-0.2, 0) is 20.5 Å². The highest BCUT2D eigenvalue weighted by Crippen LogP contribution is 2.29. The molecule has 146 valence electrons. The van der Waals surface area contributed by atoms with E-state index in [9.17, 15) is 22.8 Å². The van der Waals surface area contributed by atoms with Gasteiger partial charge in [-0.2, -0.15) is 18.4 Å². The normalized spacial score (nSPS) is 11.8. The van der Waals surface area contributed by atoms with Gasteiger partial charge < -0.3 is 14.8 Å². The number of alkyl halides is 3. The maximum absolute atomic E-state index is 12.5. The van der Waals surface area contributed by atoms with Crippen molar-refractivity contribution in [2.75, 3.05) is 11.9 Å². The summed E-state index contributed by atoms with van der Waals surface area (Å²) >= 11 is 0. The Balaban J connectivity index is 1.81. The number of hydrogen-bond donors (Lipinski definition) is 1. The van der Waals surface area contributed by atoms with Crippen molar-refractivity contribution >= 4 is 17.6 Å². The fraction of sp³-hybridized carbons (Fsp3) is 0.211. The number of anilines is 1. The maximum atomic E-state index is 12.5. The molecule has 0 aromatic heterocycles. The summed E-state index contributed by atoms with van der Waals surface area (Å²) in [6, 6.07) is 11.9. The average Bonchev–Trinajstić information content (AvgIpc) is 2.66. The van der Waals surface area contributed by atoms with Crippen molar-refractivity contribution in [2.24, 2.45) is 0 Å². The molecule has 9 heteroatoms. The molecule has 28 heavy (non-hydrogen) atoms. The van der Waals surface area contributed by atoms with E-state index in [-0.39, 0.29) is 5.69 Å². The van der Waals surface area contributed by atoms with Gasteiger partial charge in [0.05, 0.1) is 17.2 Å². The van der Waals surface area contributed by atoms with Crippen LogP contribution in [0.3, 0.4) is 0 Å². The standard InChI is InChI=1S/C19H15F3N2O4/c1-12(28-16-8-2-13(10-23)3-9-16)18(26)27-11-17(25)24-15-6-4-14(5-7-15)19(20,21)22/h2-9,12H,11H2,1H3,(H,24,25). The van der Waals surface area contributed by atoms with E-state index in [1.54, 1.807) is 0 Å². The van der Waals surface area contributed by atoms with E-state index in [0.29, 0.717) is 11.3 Å². The van der Waals surface area contributed by atoms with Crippen LogP contribution in [0.15, 0.2) is 48.5 Å². The van der Waals surface area contributed by atoms with Crippen LogP contribution in [0.2, 0.25) is 0 Å². The minimum absolute atomic E-state index is 0.135. The van der Waals surface area contributed by atoms with Crippen molar-refractivity contribution in [1.29, 1.82) is 5.26 Å². The number of benzene rings is 2. The number of carbonyl (C=O) groups excluding carboxylic acids is 2. The van der Waals surface area contributed by atoms with Crippen molar-refractivity contribution in [2.45, 2.75) is 19.2 Å². The SMILES string of the molecule is CC(Oc1ccc(C#N)cc1)C(=O)OCC(=O)Nc1ccc(C(F)(F)F)cc1. The Morgan fingerprint density at radius 1 is 1.11 bits per heavy atom. The highest BCUT2D eigenvalue weighted by molar-refractivity contribution is 5.93. The third-order valence-corrected chi connectivity index (χ3v) is 3.47. The molecule has 0 fully saturated rings. The zero-order valence-electron chi connectivity index (χ0n) is 14.6. The number of esters is 1. The van der Waals surface area contributed by atoms with E-state index < -0.39 is 36.3 Å². The van der Waals surface area contributed by atoms with Crippen LogP contribution in [0.1, 0.15) is 18.1 Å². The van der Waals surface area contributed by atoms with Gasteiger partial charge in [0, 0.05) is 5.69 Å². The van der Waals surface area contributed by atoms with Crippen LogP contribution in [0, 0.1) is 11.3 Å². The molecule has 1 atom stereocenters. The lowest BCUT2D eigenvalue weighted by Crippen LogP contribution is -2.29. The summed E-state index contributed by atoms with van der Waals surface area (Å²) in [7, 11) is 0. The number of nitrogens with one attached hydrogen (secondary N) is 1. The highest BCUT2D eigenvalue weighted by Gasteiger charge is 2.30. The van der Waals surface area contributed by atoms with Gasteiger partial charge >= 0.3 is 12.1 Å². The largest absolute Gasteiger partial charge is 0.479 e. The van der Waals surface area contributed by atoms with E-state index in [1.165, 1.54) is 31.2 Å². The Labute approximate surface area is 158 Å². The lowest BCUT2D eigenvalue weighted by atomic mass is 10.2. The first-order valence-corrected chi connectivity index (χ1v) is 7.99. The van der Waals surface area contributed by atoms with Gasteiger partial charge in [-0.1, -0.05) is 0 Å². The summed E-state index contributed by atoms with van der Waals surface area (Å²) in [6.07, 6.45) is -5.48. The number of carbonyl (C=O) groups is 2. The van der Waals surface area contributed by atoms with Gasteiger partial charge in [-0.05, 0) is 55.5 Å². The van der Waals surface area contributed by atoms with Crippen LogP contribution in [-0.4, -0.2) is 24.6 Å². The molecule has 0 heterocycles. The maximum Gasteiger partial charge on any atom is 0.416 e. The zero-order chi connectivity index (χ0) is 20.7. The highest BCUT2D eigenvalue weighted by atomic mass is 19.4. The van der Waals surface area contributed by atoms with E-state index in [4.69, 9.17) is 14.7 Å². The molecule has 0 aliphatic rings. The third kappa shape index (κ3) is 6.02. The molecule has 0 aliphatic heterocycles. The van der Waals surface area contributed by atoms with E-state index in [0.717, 1.165) is 24.3 Å². The number of ether oxygens (including phenoxy) is 2. The molecule has 1 amide bonds. The molecule has 6 nitrogen and oxygen atoms in total. The van der Waals surface area contributed by atoms with Gasteiger partial charge in [0.15, 0.2) is 12.7 Å². The fourth-order valence-corrected chi connectivity index (χ4v) is 2.05. The number of amides is 1. The number of nitriles is 1. The second kappa shape index (κ2) is 8.90. The number of nitrogens with zero attached hydrogens (tertiary/aromatic N) is 1. The lowest BCUT2D eigenvalue weighted by Gasteiger charge is -2.14. The average molecular weight is 392 g/mol. The molecular formula is C19H15F3N2O4. The molecule has 2 aromatic carbocycles. The van der Waals surface area contributed by atoms with Crippen LogP contribution < -0.4 is 10.1 Å². The number of halogens is 3. The smallest absolute Gasteiger partial charge is 0.416 e. The Morgan fingerprint density at radius 2 is 1.71 bits per heavy atom. The van der Waals surface area contributed by atoms with Crippen LogP contribution in [0.5, 0.6) is 5.75 Å². The molecule has 0 saturated heterocycles. The summed E-state index contributed by atoms with van der Waals surface area (Å²) < 4.78 is 47.6. The molecule has 0 saturated carbocycles. The lowest BCUT2D eigenvalue weighted by molar-refractivity contribution is -0.153. The van der Waals surface area contributed by atoms with E-state index in [1.807, 2.05) is 6.07 Å². The summed E-state index contributed by atoms with van der Waals surface area (Å²) in [6.45, 7) is 0.801. The fourth-order valence-electron chi connectivity index (χ4n) is 2.05. The molecule has 0 aliphatic carbocycles. The molecular weight excluding hydrogens is 377 g/mol. The van der Waals surface area contributed by atoms with Gasteiger partial charge in [0.1, 0.15) is 5.75 Å². The predicted octanol–water partition coefficient (Wildman–Crippen LogP) is 3.53. The number of hydrogen-bond acceptors (Lipinski definition) is 5. The second-order valence-electron chi connectivity index (χ2n) is 5.63. The van der Waals surface area contributed by atoms with Crippen molar-refractivity contribution in [3.05, 3.63) is 59.7 Å².